The van der Waals surface area contributed by atoms with E-state index >= 15 is 0 Å². The average Bonchev–Trinajstić information content (AvgIpc) is 2.44. The highest BCUT2D eigenvalue weighted by Crippen LogP contribution is 2.27. The number of rotatable bonds is 3. The molecule has 2 nitrogen and oxygen atoms in total. The van der Waals surface area contributed by atoms with Crippen molar-refractivity contribution in [2.24, 2.45) is 0 Å². The summed E-state index contributed by atoms with van der Waals surface area (Å²) in [4.78, 5) is 4.23. The van der Waals surface area contributed by atoms with E-state index in [4.69, 9.17) is 16.3 Å². The number of pyridine rings is 1. The molecule has 100 valence electrons. The van der Waals surface area contributed by atoms with Gasteiger partial charge in [0.05, 0.1) is 5.52 Å². The van der Waals surface area contributed by atoms with E-state index in [0.29, 0.717) is 10.9 Å². The molecular formula is C16H11ClFNO. The summed E-state index contributed by atoms with van der Waals surface area (Å²) in [6.45, 7) is 0.280. The predicted octanol–water partition coefficient (Wildman–Crippen LogP) is 4.61. The Morgan fingerprint density at radius 3 is 2.75 bits per heavy atom. The molecule has 0 aliphatic heterocycles. The van der Waals surface area contributed by atoms with Crippen LogP contribution in [-0.4, -0.2) is 4.98 Å². The summed E-state index contributed by atoms with van der Waals surface area (Å²) in [7, 11) is 0. The lowest BCUT2D eigenvalue weighted by molar-refractivity contribution is 0.309. The molecule has 0 radical (unpaired) electrons. The average molecular weight is 288 g/mol. The smallest absolute Gasteiger partial charge is 0.133 e. The standard InChI is InChI=1S/C16H11ClFNO/c17-16-9-15(13-6-1-2-7-14(13)19-16)20-10-11-4-3-5-12(18)8-11/h1-9H,10H2. The SMILES string of the molecule is Fc1cccc(COc2cc(Cl)nc3ccccc23)c1. The molecule has 1 heterocycles. The van der Waals surface area contributed by atoms with Crippen molar-refractivity contribution in [3.05, 3.63) is 71.1 Å². The number of nitrogens with zero attached hydrogens (tertiary/aromatic N) is 1. The van der Waals surface area contributed by atoms with Gasteiger partial charge in [0.15, 0.2) is 0 Å². The number of para-hydroxylation sites is 1. The van der Waals surface area contributed by atoms with Crippen molar-refractivity contribution in [2.45, 2.75) is 6.61 Å². The third kappa shape index (κ3) is 2.73. The molecule has 0 fully saturated rings. The van der Waals surface area contributed by atoms with E-state index in [9.17, 15) is 4.39 Å². The van der Waals surface area contributed by atoms with Gasteiger partial charge in [-0.1, -0.05) is 35.9 Å². The van der Waals surface area contributed by atoms with E-state index in [1.807, 2.05) is 30.3 Å². The van der Waals surface area contributed by atoms with Crippen molar-refractivity contribution in [3.63, 3.8) is 0 Å². The number of aromatic nitrogens is 1. The molecule has 0 amide bonds. The summed E-state index contributed by atoms with van der Waals surface area (Å²) < 4.78 is 18.9. The normalized spacial score (nSPS) is 10.7. The van der Waals surface area contributed by atoms with Crippen molar-refractivity contribution in [2.75, 3.05) is 0 Å². The Kier molecular flexibility index (Phi) is 3.52. The molecular weight excluding hydrogens is 277 g/mol. The molecule has 0 bridgehead atoms. The first kappa shape index (κ1) is 12.9. The molecule has 0 N–H and O–H groups in total. The first-order valence-electron chi connectivity index (χ1n) is 6.15. The van der Waals surface area contributed by atoms with Gasteiger partial charge in [-0.05, 0) is 29.8 Å². The molecule has 2 aromatic carbocycles. The van der Waals surface area contributed by atoms with Gasteiger partial charge in [0, 0.05) is 11.5 Å². The fourth-order valence-corrected chi connectivity index (χ4v) is 2.21. The largest absolute Gasteiger partial charge is 0.488 e. The van der Waals surface area contributed by atoms with Gasteiger partial charge in [0.2, 0.25) is 0 Å². The molecule has 0 saturated carbocycles. The molecule has 3 aromatic rings. The molecule has 0 atom stereocenters. The van der Waals surface area contributed by atoms with E-state index in [-0.39, 0.29) is 12.4 Å². The highest BCUT2D eigenvalue weighted by molar-refractivity contribution is 6.30. The molecule has 3 rings (SSSR count). The maximum Gasteiger partial charge on any atom is 0.133 e. The molecule has 0 saturated heterocycles. The lowest BCUT2D eigenvalue weighted by atomic mass is 10.2. The molecule has 1 aromatic heterocycles. The van der Waals surface area contributed by atoms with Gasteiger partial charge in [-0.3, -0.25) is 0 Å². The van der Waals surface area contributed by atoms with Crippen molar-refractivity contribution < 1.29 is 9.13 Å². The molecule has 20 heavy (non-hydrogen) atoms. The lowest BCUT2D eigenvalue weighted by Crippen LogP contribution is -1.97. The van der Waals surface area contributed by atoms with Crippen LogP contribution in [0.3, 0.4) is 0 Å². The highest BCUT2D eigenvalue weighted by atomic mass is 35.5. The number of benzene rings is 2. The monoisotopic (exact) mass is 287 g/mol. The van der Waals surface area contributed by atoms with Gasteiger partial charge < -0.3 is 4.74 Å². The molecule has 0 unspecified atom stereocenters. The third-order valence-electron chi connectivity index (χ3n) is 2.93. The third-order valence-corrected chi connectivity index (χ3v) is 3.12. The zero-order valence-electron chi connectivity index (χ0n) is 10.5. The van der Waals surface area contributed by atoms with Gasteiger partial charge in [-0.15, -0.1) is 0 Å². The Hall–Kier alpha value is -2.13. The molecule has 0 aliphatic rings. The van der Waals surface area contributed by atoms with Crippen LogP contribution in [0.5, 0.6) is 5.75 Å². The fraction of sp³-hybridized carbons (Fsp3) is 0.0625. The topological polar surface area (TPSA) is 22.1 Å². The van der Waals surface area contributed by atoms with Crippen molar-refractivity contribution in [1.82, 2.24) is 4.98 Å². The van der Waals surface area contributed by atoms with Gasteiger partial charge >= 0.3 is 0 Å². The van der Waals surface area contributed by atoms with Crippen LogP contribution in [0, 0.1) is 5.82 Å². The van der Waals surface area contributed by atoms with E-state index in [1.165, 1.54) is 12.1 Å². The summed E-state index contributed by atoms with van der Waals surface area (Å²) in [5.41, 5.74) is 1.54. The van der Waals surface area contributed by atoms with Crippen LogP contribution in [0.25, 0.3) is 10.9 Å². The summed E-state index contributed by atoms with van der Waals surface area (Å²) >= 11 is 5.98. The van der Waals surface area contributed by atoms with Gasteiger partial charge in [-0.25, -0.2) is 9.37 Å². The minimum atomic E-state index is -0.274. The predicted molar refractivity (Wildman–Crippen MR) is 77.5 cm³/mol. The Balaban J connectivity index is 1.91. The summed E-state index contributed by atoms with van der Waals surface area (Å²) in [6, 6.07) is 15.6. The number of hydrogen-bond acceptors (Lipinski definition) is 2. The second kappa shape index (κ2) is 5.47. The fourth-order valence-electron chi connectivity index (χ4n) is 2.02. The summed E-state index contributed by atoms with van der Waals surface area (Å²) in [5.74, 6) is 0.369. The first-order valence-corrected chi connectivity index (χ1v) is 6.53. The second-order valence-corrected chi connectivity index (χ2v) is 4.77. The van der Waals surface area contributed by atoms with Crippen LogP contribution in [0.2, 0.25) is 5.15 Å². The highest BCUT2D eigenvalue weighted by Gasteiger charge is 2.06. The quantitative estimate of drug-likeness (QED) is 0.657. The van der Waals surface area contributed by atoms with Crippen LogP contribution in [0.15, 0.2) is 54.6 Å². The van der Waals surface area contributed by atoms with Gasteiger partial charge in [-0.2, -0.15) is 0 Å². The van der Waals surface area contributed by atoms with E-state index in [0.717, 1.165) is 16.5 Å². The van der Waals surface area contributed by atoms with Crippen LogP contribution >= 0.6 is 11.6 Å². The Morgan fingerprint density at radius 2 is 1.90 bits per heavy atom. The Morgan fingerprint density at radius 1 is 1.05 bits per heavy atom. The minimum absolute atomic E-state index is 0.274. The van der Waals surface area contributed by atoms with Crippen molar-refractivity contribution >= 4 is 22.5 Å². The van der Waals surface area contributed by atoms with Crippen molar-refractivity contribution in [3.8, 4) is 5.75 Å². The lowest BCUT2D eigenvalue weighted by Gasteiger charge is -2.09. The first-order chi connectivity index (χ1) is 9.72. The number of ether oxygens (including phenoxy) is 1. The van der Waals surface area contributed by atoms with Crippen LogP contribution in [0.4, 0.5) is 4.39 Å². The van der Waals surface area contributed by atoms with Crippen LogP contribution in [0.1, 0.15) is 5.56 Å². The number of halogens is 2. The van der Waals surface area contributed by atoms with E-state index in [1.54, 1.807) is 12.1 Å². The van der Waals surface area contributed by atoms with Crippen molar-refractivity contribution in [1.29, 1.82) is 0 Å². The van der Waals surface area contributed by atoms with Gasteiger partial charge in [0.25, 0.3) is 0 Å². The zero-order chi connectivity index (χ0) is 13.9. The molecule has 0 spiro atoms. The number of hydrogen-bond donors (Lipinski definition) is 0. The Bertz CT molecular complexity index is 760. The second-order valence-electron chi connectivity index (χ2n) is 4.38. The van der Waals surface area contributed by atoms with Crippen LogP contribution < -0.4 is 4.74 Å². The maximum absolute atomic E-state index is 13.1. The maximum atomic E-state index is 13.1. The summed E-state index contributed by atoms with van der Waals surface area (Å²) in [5, 5.41) is 1.26. The molecule has 4 heteroatoms. The Labute approximate surface area is 120 Å². The zero-order valence-corrected chi connectivity index (χ0v) is 11.3. The minimum Gasteiger partial charge on any atom is -0.488 e. The number of fused-ring (bicyclic) bond motifs is 1. The molecule has 0 aliphatic carbocycles. The van der Waals surface area contributed by atoms with Gasteiger partial charge in [0.1, 0.15) is 23.3 Å². The van der Waals surface area contributed by atoms with E-state index in [2.05, 4.69) is 4.98 Å². The van der Waals surface area contributed by atoms with E-state index < -0.39 is 0 Å². The summed E-state index contributed by atoms with van der Waals surface area (Å²) in [6.07, 6.45) is 0. The van der Waals surface area contributed by atoms with Crippen LogP contribution in [-0.2, 0) is 6.61 Å².